The Labute approximate surface area is 120 Å². The van der Waals surface area contributed by atoms with Crippen LogP contribution in [0.2, 0.25) is 0 Å². The number of rotatable bonds is 2. The standard InChI is InChI=1S/C15H23N3O2/c1-11-9-18(15(2,3)10-20-11)14(19)12-7-6-8-16-13(12)17(4)5/h6-8,11H,9-10H2,1-5H3. The fourth-order valence-electron chi connectivity index (χ4n) is 2.40. The normalized spacial score (nSPS) is 21.6. The largest absolute Gasteiger partial charge is 0.374 e. The summed E-state index contributed by atoms with van der Waals surface area (Å²) in [5.74, 6) is 0.717. The van der Waals surface area contributed by atoms with E-state index >= 15 is 0 Å². The van der Waals surface area contributed by atoms with Gasteiger partial charge in [-0.25, -0.2) is 4.98 Å². The highest BCUT2D eigenvalue weighted by Gasteiger charge is 2.38. The SMILES string of the molecule is CC1CN(C(=O)c2cccnc2N(C)C)C(C)(C)CO1. The van der Waals surface area contributed by atoms with Crippen molar-refractivity contribution in [2.24, 2.45) is 0 Å². The van der Waals surface area contributed by atoms with E-state index in [0.717, 1.165) is 0 Å². The molecule has 1 amide bonds. The molecule has 1 aliphatic rings. The van der Waals surface area contributed by atoms with Crippen molar-refractivity contribution in [3.63, 3.8) is 0 Å². The molecule has 0 aliphatic carbocycles. The van der Waals surface area contributed by atoms with Gasteiger partial charge in [0.15, 0.2) is 0 Å². The molecule has 0 saturated carbocycles. The van der Waals surface area contributed by atoms with Gasteiger partial charge in [0.2, 0.25) is 0 Å². The zero-order chi connectivity index (χ0) is 14.9. The number of aromatic nitrogens is 1. The monoisotopic (exact) mass is 277 g/mol. The molecule has 110 valence electrons. The average Bonchev–Trinajstić information content (AvgIpc) is 2.40. The Balaban J connectivity index is 2.35. The molecule has 20 heavy (non-hydrogen) atoms. The summed E-state index contributed by atoms with van der Waals surface area (Å²) in [5, 5.41) is 0. The average molecular weight is 277 g/mol. The summed E-state index contributed by atoms with van der Waals surface area (Å²) >= 11 is 0. The van der Waals surface area contributed by atoms with Gasteiger partial charge in [0.25, 0.3) is 5.91 Å². The van der Waals surface area contributed by atoms with Crippen LogP contribution < -0.4 is 4.90 Å². The Morgan fingerprint density at radius 3 is 2.85 bits per heavy atom. The lowest BCUT2D eigenvalue weighted by molar-refractivity contribution is -0.0755. The minimum absolute atomic E-state index is 0.0157. The highest BCUT2D eigenvalue weighted by molar-refractivity contribution is 5.99. The third kappa shape index (κ3) is 2.77. The van der Waals surface area contributed by atoms with Crippen molar-refractivity contribution in [3.05, 3.63) is 23.9 Å². The molecule has 1 aliphatic heterocycles. The van der Waals surface area contributed by atoms with Gasteiger partial charge in [-0.1, -0.05) is 0 Å². The Hall–Kier alpha value is -1.62. The Morgan fingerprint density at radius 2 is 2.20 bits per heavy atom. The quantitative estimate of drug-likeness (QED) is 0.827. The predicted molar refractivity (Wildman–Crippen MR) is 79.1 cm³/mol. The van der Waals surface area contributed by atoms with Crippen molar-refractivity contribution < 1.29 is 9.53 Å². The van der Waals surface area contributed by atoms with Gasteiger partial charge in [0.05, 0.1) is 23.8 Å². The van der Waals surface area contributed by atoms with Crippen LogP contribution in [0.4, 0.5) is 5.82 Å². The van der Waals surface area contributed by atoms with E-state index in [4.69, 9.17) is 4.74 Å². The number of amides is 1. The molecule has 5 nitrogen and oxygen atoms in total. The third-order valence-electron chi connectivity index (χ3n) is 3.58. The molecular formula is C15H23N3O2. The van der Waals surface area contributed by atoms with Crippen LogP contribution in [-0.2, 0) is 4.74 Å². The Kier molecular flexibility index (Phi) is 3.99. The number of anilines is 1. The minimum Gasteiger partial charge on any atom is -0.374 e. The van der Waals surface area contributed by atoms with Crippen molar-refractivity contribution in [2.45, 2.75) is 32.4 Å². The molecule has 1 atom stereocenters. The second kappa shape index (κ2) is 5.40. The van der Waals surface area contributed by atoms with E-state index < -0.39 is 0 Å². The zero-order valence-corrected chi connectivity index (χ0v) is 12.9. The van der Waals surface area contributed by atoms with Crippen LogP contribution in [-0.4, -0.2) is 54.7 Å². The summed E-state index contributed by atoms with van der Waals surface area (Å²) in [7, 11) is 3.79. The molecule has 0 N–H and O–H groups in total. The number of ether oxygens (including phenoxy) is 1. The first-order chi connectivity index (χ1) is 9.33. The molecule has 2 heterocycles. The number of carbonyl (C=O) groups is 1. The topological polar surface area (TPSA) is 45.7 Å². The van der Waals surface area contributed by atoms with E-state index in [9.17, 15) is 4.79 Å². The van der Waals surface area contributed by atoms with E-state index in [0.29, 0.717) is 24.5 Å². The summed E-state index contributed by atoms with van der Waals surface area (Å²) < 4.78 is 5.67. The molecule has 0 radical (unpaired) electrons. The first kappa shape index (κ1) is 14.8. The van der Waals surface area contributed by atoms with Crippen LogP contribution >= 0.6 is 0 Å². The lowest BCUT2D eigenvalue weighted by atomic mass is 9.99. The summed E-state index contributed by atoms with van der Waals surface area (Å²) in [6, 6.07) is 3.64. The van der Waals surface area contributed by atoms with Gasteiger partial charge in [-0.2, -0.15) is 0 Å². The first-order valence-electron chi connectivity index (χ1n) is 6.89. The summed E-state index contributed by atoms with van der Waals surface area (Å²) in [6.07, 6.45) is 1.77. The maximum atomic E-state index is 12.9. The minimum atomic E-state index is -0.303. The molecule has 0 spiro atoms. The van der Waals surface area contributed by atoms with Crippen LogP contribution in [0.25, 0.3) is 0 Å². The second-order valence-corrected chi connectivity index (χ2v) is 6.12. The number of nitrogens with zero attached hydrogens (tertiary/aromatic N) is 3. The Bertz CT molecular complexity index is 500. The smallest absolute Gasteiger partial charge is 0.258 e. The molecule has 0 bridgehead atoms. The molecule has 1 saturated heterocycles. The Morgan fingerprint density at radius 1 is 1.50 bits per heavy atom. The van der Waals surface area contributed by atoms with Crippen molar-refractivity contribution in [2.75, 3.05) is 32.1 Å². The molecule has 1 unspecified atom stereocenters. The van der Waals surface area contributed by atoms with Crippen molar-refractivity contribution in [3.8, 4) is 0 Å². The lowest BCUT2D eigenvalue weighted by Crippen LogP contribution is -2.57. The number of hydrogen-bond donors (Lipinski definition) is 0. The second-order valence-electron chi connectivity index (χ2n) is 6.12. The van der Waals surface area contributed by atoms with Gasteiger partial charge in [-0.3, -0.25) is 4.79 Å². The van der Waals surface area contributed by atoms with Crippen molar-refractivity contribution >= 4 is 11.7 Å². The zero-order valence-electron chi connectivity index (χ0n) is 12.9. The van der Waals surface area contributed by atoms with Gasteiger partial charge in [-0.05, 0) is 32.9 Å². The van der Waals surface area contributed by atoms with Gasteiger partial charge >= 0.3 is 0 Å². The highest BCUT2D eigenvalue weighted by Crippen LogP contribution is 2.26. The molecule has 5 heteroatoms. The van der Waals surface area contributed by atoms with E-state index in [1.54, 1.807) is 12.3 Å². The fraction of sp³-hybridized carbons (Fsp3) is 0.600. The van der Waals surface area contributed by atoms with E-state index in [2.05, 4.69) is 4.98 Å². The van der Waals surface area contributed by atoms with Gasteiger partial charge in [-0.15, -0.1) is 0 Å². The van der Waals surface area contributed by atoms with Crippen molar-refractivity contribution in [1.82, 2.24) is 9.88 Å². The van der Waals surface area contributed by atoms with Crippen LogP contribution in [0.15, 0.2) is 18.3 Å². The molecule has 0 aromatic carbocycles. The van der Waals surface area contributed by atoms with E-state index in [-0.39, 0.29) is 17.6 Å². The fourth-order valence-corrected chi connectivity index (χ4v) is 2.40. The molecule has 1 fully saturated rings. The number of hydrogen-bond acceptors (Lipinski definition) is 4. The van der Waals surface area contributed by atoms with Gasteiger partial charge in [0.1, 0.15) is 5.82 Å². The van der Waals surface area contributed by atoms with Gasteiger partial charge < -0.3 is 14.5 Å². The maximum absolute atomic E-state index is 12.9. The molecule has 1 aromatic heterocycles. The molecule has 1 aromatic rings. The summed E-state index contributed by atoms with van der Waals surface area (Å²) in [5.41, 5.74) is 0.336. The van der Waals surface area contributed by atoms with E-state index in [1.165, 1.54) is 0 Å². The van der Waals surface area contributed by atoms with Gasteiger partial charge in [0, 0.05) is 26.8 Å². The first-order valence-corrected chi connectivity index (χ1v) is 6.89. The van der Waals surface area contributed by atoms with Crippen LogP contribution in [0.5, 0.6) is 0 Å². The van der Waals surface area contributed by atoms with E-state index in [1.807, 2.05) is 50.7 Å². The lowest BCUT2D eigenvalue weighted by Gasteiger charge is -2.44. The number of pyridine rings is 1. The highest BCUT2D eigenvalue weighted by atomic mass is 16.5. The third-order valence-corrected chi connectivity index (χ3v) is 3.58. The van der Waals surface area contributed by atoms with Crippen LogP contribution in [0, 0.1) is 0 Å². The molecule has 2 rings (SSSR count). The maximum Gasteiger partial charge on any atom is 0.258 e. The molecular weight excluding hydrogens is 254 g/mol. The van der Waals surface area contributed by atoms with Crippen molar-refractivity contribution in [1.29, 1.82) is 0 Å². The predicted octanol–water partition coefficient (Wildman–Crippen LogP) is 1.79. The van der Waals surface area contributed by atoms with Crippen LogP contribution in [0.3, 0.4) is 0 Å². The number of carbonyl (C=O) groups excluding carboxylic acids is 1. The van der Waals surface area contributed by atoms with Crippen LogP contribution in [0.1, 0.15) is 31.1 Å². The summed E-state index contributed by atoms with van der Waals surface area (Å²) in [4.78, 5) is 21.0. The number of morpholine rings is 1. The summed E-state index contributed by atoms with van der Waals surface area (Å²) in [6.45, 7) is 7.21.